The number of fused-ring (bicyclic) bond motifs is 1. The van der Waals surface area contributed by atoms with Crippen molar-refractivity contribution in [3.05, 3.63) is 88.3 Å². The van der Waals surface area contributed by atoms with Crippen LogP contribution in [0.4, 0.5) is 5.69 Å². The second-order valence-electron chi connectivity index (χ2n) is 8.00. The number of amides is 1. The molecule has 1 atom stereocenters. The minimum atomic E-state index is -4.20. The summed E-state index contributed by atoms with van der Waals surface area (Å²) in [5, 5.41) is 3.74. The summed E-state index contributed by atoms with van der Waals surface area (Å²) in [4.78, 5) is 25.5. The van der Waals surface area contributed by atoms with E-state index in [0.29, 0.717) is 10.6 Å². The first kappa shape index (κ1) is 26.6. The summed E-state index contributed by atoms with van der Waals surface area (Å²) in [6.07, 6.45) is 0.0992. The fraction of sp³-hybridized carbons (Fsp3) is 0.154. The Morgan fingerprint density at radius 3 is 2.46 bits per heavy atom. The molecule has 37 heavy (non-hydrogen) atoms. The van der Waals surface area contributed by atoms with Crippen LogP contribution in [0.2, 0.25) is 5.02 Å². The van der Waals surface area contributed by atoms with Crippen molar-refractivity contribution < 1.29 is 27.5 Å². The number of ether oxygens (including phenoxy) is 2. The number of nitrogens with one attached hydrogen (secondary N) is 2. The lowest BCUT2D eigenvalue weighted by atomic mass is 10.1. The highest BCUT2D eigenvalue weighted by Gasteiger charge is 2.29. The molecule has 1 amide bonds. The number of halogens is 1. The van der Waals surface area contributed by atoms with Crippen molar-refractivity contribution in [2.45, 2.75) is 17.4 Å². The zero-order chi connectivity index (χ0) is 26.6. The number of hydrogen-bond acceptors (Lipinski definition) is 7. The molecule has 1 aromatic heterocycles. The van der Waals surface area contributed by atoms with Gasteiger partial charge in [0.25, 0.3) is 0 Å². The number of carbonyl (C=O) groups is 2. The van der Waals surface area contributed by atoms with E-state index in [9.17, 15) is 18.0 Å². The molecule has 0 spiro atoms. The summed E-state index contributed by atoms with van der Waals surface area (Å²) in [5.74, 6) is -0.906. The van der Waals surface area contributed by atoms with Crippen molar-refractivity contribution in [3.63, 3.8) is 0 Å². The molecule has 11 heteroatoms. The molecule has 0 aliphatic carbocycles. The van der Waals surface area contributed by atoms with Crippen molar-refractivity contribution >= 4 is 60.6 Å². The Kier molecular flexibility index (Phi) is 8.13. The molecular weight excluding hydrogens is 536 g/mol. The van der Waals surface area contributed by atoms with Gasteiger partial charge in [-0.25, -0.2) is 13.2 Å². The molecule has 0 saturated carbocycles. The average molecular weight is 559 g/mol. The zero-order valence-corrected chi connectivity index (χ0v) is 22.2. The fourth-order valence-corrected chi connectivity index (χ4v) is 6.29. The maximum atomic E-state index is 13.4. The lowest BCUT2D eigenvalue weighted by Gasteiger charge is -2.20. The van der Waals surface area contributed by atoms with Gasteiger partial charge in [-0.3, -0.25) is 4.79 Å². The summed E-state index contributed by atoms with van der Waals surface area (Å²) in [6.45, 7) is 0. The molecule has 8 nitrogen and oxygen atoms in total. The Labute approximate surface area is 223 Å². The summed E-state index contributed by atoms with van der Waals surface area (Å²) in [6, 6.07) is 19.0. The smallest absolute Gasteiger partial charge is 0.348 e. The lowest BCUT2D eigenvalue weighted by Crippen LogP contribution is -2.45. The Hall–Kier alpha value is -3.44. The van der Waals surface area contributed by atoms with Gasteiger partial charge >= 0.3 is 5.97 Å². The van der Waals surface area contributed by atoms with Gasteiger partial charge in [0.15, 0.2) is 0 Å². The van der Waals surface area contributed by atoms with Crippen LogP contribution in [0.5, 0.6) is 5.75 Å². The number of anilines is 1. The topological polar surface area (TPSA) is 111 Å². The average Bonchev–Trinajstić information content (AvgIpc) is 3.32. The van der Waals surface area contributed by atoms with Crippen LogP contribution < -0.4 is 14.8 Å². The molecule has 0 aliphatic rings. The van der Waals surface area contributed by atoms with Gasteiger partial charge < -0.3 is 14.8 Å². The van der Waals surface area contributed by atoms with E-state index in [2.05, 4.69) is 10.0 Å². The Morgan fingerprint density at radius 1 is 1.00 bits per heavy atom. The third kappa shape index (κ3) is 6.28. The Morgan fingerprint density at radius 2 is 1.76 bits per heavy atom. The van der Waals surface area contributed by atoms with E-state index in [1.165, 1.54) is 43.8 Å². The number of benzene rings is 3. The van der Waals surface area contributed by atoms with Gasteiger partial charge in [-0.2, -0.15) is 4.72 Å². The number of carbonyl (C=O) groups excluding carboxylic acids is 2. The molecule has 4 aromatic rings. The summed E-state index contributed by atoms with van der Waals surface area (Å²) in [7, 11) is -1.54. The number of methoxy groups -OCH3 is 2. The van der Waals surface area contributed by atoms with Crippen molar-refractivity contribution in [2.75, 3.05) is 19.5 Å². The van der Waals surface area contributed by atoms with E-state index in [1.807, 2.05) is 18.2 Å². The van der Waals surface area contributed by atoms with Crippen LogP contribution in [-0.2, 0) is 26.0 Å². The van der Waals surface area contributed by atoms with Gasteiger partial charge in [-0.15, -0.1) is 11.3 Å². The lowest BCUT2D eigenvalue weighted by molar-refractivity contribution is -0.117. The van der Waals surface area contributed by atoms with Crippen LogP contribution in [0.25, 0.3) is 10.1 Å². The van der Waals surface area contributed by atoms with Crippen molar-refractivity contribution in [1.29, 1.82) is 0 Å². The molecule has 0 unspecified atom stereocenters. The van der Waals surface area contributed by atoms with Gasteiger partial charge in [-0.1, -0.05) is 41.9 Å². The largest absolute Gasteiger partial charge is 0.495 e. The molecule has 0 fully saturated rings. The summed E-state index contributed by atoms with van der Waals surface area (Å²) in [5.41, 5.74) is 1.21. The van der Waals surface area contributed by atoms with Gasteiger partial charge in [0.1, 0.15) is 21.6 Å². The van der Waals surface area contributed by atoms with E-state index in [0.717, 1.165) is 15.6 Å². The normalized spacial score (nSPS) is 12.2. The molecule has 0 aliphatic heterocycles. The van der Waals surface area contributed by atoms with Crippen LogP contribution in [0, 0.1) is 0 Å². The zero-order valence-electron chi connectivity index (χ0n) is 19.9. The summed E-state index contributed by atoms with van der Waals surface area (Å²) >= 11 is 7.31. The Balaban J connectivity index is 1.63. The molecule has 0 radical (unpaired) electrons. The first-order valence-corrected chi connectivity index (χ1v) is 13.7. The predicted molar refractivity (Wildman–Crippen MR) is 144 cm³/mol. The van der Waals surface area contributed by atoms with Crippen molar-refractivity contribution in [1.82, 2.24) is 4.72 Å². The fourth-order valence-electron chi connectivity index (χ4n) is 3.70. The minimum absolute atomic E-state index is 0.0973. The summed E-state index contributed by atoms with van der Waals surface area (Å²) < 4.78 is 40.0. The molecule has 3 aromatic carbocycles. The van der Waals surface area contributed by atoms with Crippen LogP contribution in [0.15, 0.2) is 77.7 Å². The SMILES string of the molecule is COC(=O)c1cc2cc(NC(=O)[C@@H](Cc3ccccc3)NS(=O)(=O)c3cc(Cl)ccc3OC)ccc2s1. The van der Waals surface area contributed by atoms with E-state index in [4.69, 9.17) is 21.1 Å². The molecule has 0 bridgehead atoms. The number of esters is 1. The van der Waals surface area contributed by atoms with Crippen LogP contribution >= 0.6 is 22.9 Å². The maximum absolute atomic E-state index is 13.4. The number of thiophene rings is 1. The molecule has 192 valence electrons. The van der Waals surface area contributed by atoms with Crippen LogP contribution in [0.3, 0.4) is 0 Å². The second-order valence-corrected chi connectivity index (χ2v) is 11.2. The van der Waals surface area contributed by atoms with Gasteiger partial charge in [0.2, 0.25) is 15.9 Å². The third-order valence-corrected chi connectivity index (χ3v) is 8.31. The molecule has 4 rings (SSSR count). The van der Waals surface area contributed by atoms with E-state index >= 15 is 0 Å². The van der Waals surface area contributed by atoms with Gasteiger partial charge in [-0.05, 0) is 59.8 Å². The first-order valence-electron chi connectivity index (χ1n) is 11.0. The van der Waals surface area contributed by atoms with Crippen LogP contribution in [-0.4, -0.2) is 40.6 Å². The number of sulfonamides is 1. The highest BCUT2D eigenvalue weighted by Crippen LogP contribution is 2.30. The molecular formula is C26H23ClN2O6S2. The monoisotopic (exact) mass is 558 g/mol. The van der Waals surface area contributed by atoms with Crippen LogP contribution in [0.1, 0.15) is 15.2 Å². The van der Waals surface area contributed by atoms with Gasteiger partial charge in [0, 0.05) is 15.4 Å². The molecule has 1 heterocycles. The van der Waals surface area contributed by atoms with E-state index in [-0.39, 0.29) is 22.1 Å². The quantitative estimate of drug-likeness (QED) is 0.283. The molecule has 2 N–H and O–H groups in total. The molecule has 0 saturated heterocycles. The second kappa shape index (κ2) is 11.3. The predicted octanol–water partition coefficient (Wildman–Crippen LogP) is 4.88. The van der Waals surface area contributed by atoms with Crippen molar-refractivity contribution in [3.8, 4) is 5.75 Å². The number of hydrogen-bond donors (Lipinski definition) is 2. The Bertz CT molecular complexity index is 1550. The minimum Gasteiger partial charge on any atom is -0.495 e. The van der Waals surface area contributed by atoms with E-state index in [1.54, 1.807) is 36.4 Å². The third-order valence-electron chi connectivity index (χ3n) is 5.48. The highest BCUT2D eigenvalue weighted by molar-refractivity contribution is 7.89. The van der Waals surface area contributed by atoms with Crippen molar-refractivity contribution in [2.24, 2.45) is 0 Å². The van der Waals surface area contributed by atoms with E-state index < -0.39 is 27.9 Å². The highest BCUT2D eigenvalue weighted by atomic mass is 35.5. The number of rotatable bonds is 9. The maximum Gasteiger partial charge on any atom is 0.348 e. The first-order chi connectivity index (χ1) is 17.7. The van der Waals surface area contributed by atoms with Gasteiger partial charge in [0.05, 0.1) is 14.2 Å². The standard InChI is InChI=1S/C26H23ClN2O6S2/c1-34-21-10-8-18(27)15-24(21)37(32,33)29-20(12-16-6-4-3-5-7-16)25(30)28-19-9-11-22-17(13-19)14-23(36-22)26(31)35-2/h3-11,13-15,20,29H,12H2,1-2H3,(H,28,30)/t20-/m1/s1.